The number of carbonyl (C=O) groups is 2. The molecule has 0 aromatic carbocycles. The first-order valence-electron chi connectivity index (χ1n) is 26.2. The van der Waals surface area contributed by atoms with Gasteiger partial charge in [0.25, 0.3) is 0 Å². The van der Waals surface area contributed by atoms with Crippen LogP contribution >= 0.6 is 68.0 Å². The number of rotatable bonds is 28. The molecule has 4 unspecified atom stereocenters. The van der Waals surface area contributed by atoms with Crippen LogP contribution in [0.1, 0.15) is 211 Å². The summed E-state index contributed by atoms with van der Waals surface area (Å²) in [5, 5.41) is 3.17. The largest absolute Gasteiger partial charge is 0.288 e. The summed E-state index contributed by atoms with van der Waals surface area (Å²) in [6.45, 7) is 18.1. The summed E-state index contributed by atoms with van der Waals surface area (Å²) in [5.41, 5.74) is 4.83. The third-order valence-electron chi connectivity index (χ3n) is 14.7. The van der Waals surface area contributed by atoms with Crippen LogP contribution in [0.15, 0.2) is 35.0 Å². The average molecular weight is 1030 g/mol. The van der Waals surface area contributed by atoms with Crippen LogP contribution < -0.4 is 0 Å². The molecular formula is C58H74F2O2S6. The van der Waals surface area contributed by atoms with Crippen molar-refractivity contribution in [3.05, 3.63) is 89.8 Å². The van der Waals surface area contributed by atoms with Gasteiger partial charge in [-0.2, -0.15) is 0 Å². The maximum absolute atomic E-state index is 16.0. The number of unbranched alkanes of at least 4 members (excludes halogenated alkanes) is 4. The minimum Gasteiger partial charge on any atom is -0.288 e. The number of hydrogen-bond acceptors (Lipinski definition) is 8. The van der Waals surface area contributed by atoms with Gasteiger partial charge in [-0.15, -0.1) is 68.0 Å². The summed E-state index contributed by atoms with van der Waals surface area (Å²) in [7, 11) is 0. The van der Waals surface area contributed by atoms with Crippen molar-refractivity contribution in [2.45, 2.75) is 184 Å². The molecule has 368 valence electrons. The second-order valence-electron chi connectivity index (χ2n) is 19.5. The van der Waals surface area contributed by atoms with Crippen molar-refractivity contribution in [1.82, 2.24) is 0 Å². The van der Waals surface area contributed by atoms with Gasteiger partial charge in [-0.1, -0.05) is 158 Å². The van der Waals surface area contributed by atoms with Gasteiger partial charge in [0, 0.05) is 60.9 Å². The van der Waals surface area contributed by atoms with Crippen molar-refractivity contribution in [1.29, 1.82) is 0 Å². The summed E-state index contributed by atoms with van der Waals surface area (Å²) in [5.74, 6) is 1.39. The van der Waals surface area contributed by atoms with Gasteiger partial charge in [-0.05, 0) is 84.7 Å². The van der Waals surface area contributed by atoms with Crippen molar-refractivity contribution in [3.63, 3.8) is 0 Å². The summed E-state index contributed by atoms with van der Waals surface area (Å²) in [6, 6.07) is 7.88. The molecule has 2 nitrogen and oxygen atoms in total. The van der Waals surface area contributed by atoms with Crippen LogP contribution in [0.3, 0.4) is 0 Å². The fourth-order valence-electron chi connectivity index (χ4n) is 10.3. The maximum Gasteiger partial charge on any atom is 0.197 e. The highest BCUT2D eigenvalue weighted by molar-refractivity contribution is 7.30. The van der Waals surface area contributed by atoms with Crippen LogP contribution in [-0.4, -0.2) is 11.6 Å². The van der Waals surface area contributed by atoms with Crippen molar-refractivity contribution in [2.75, 3.05) is 0 Å². The molecule has 0 radical (unpaired) electrons. The van der Waals surface area contributed by atoms with Gasteiger partial charge in [0.2, 0.25) is 0 Å². The highest BCUT2D eigenvalue weighted by Gasteiger charge is 2.42. The van der Waals surface area contributed by atoms with Crippen LogP contribution in [-0.2, 0) is 25.7 Å². The Labute approximate surface area is 431 Å². The van der Waals surface area contributed by atoms with E-state index in [1.807, 2.05) is 0 Å². The number of hydrogen-bond donors (Lipinski definition) is 0. The summed E-state index contributed by atoms with van der Waals surface area (Å²) >= 11 is 9.55. The van der Waals surface area contributed by atoms with E-state index in [1.165, 1.54) is 46.6 Å². The molecular weight excluding hydrogens is 959 g/mol. The zero-order valence-electron chi connectivity index (χ0n) is 41.9. The lowest BCUT2D eigenvalue weighted by Gasteiger charge is -2.19. The van der Waals surface area contributed by atoms with Gasteiger partial charge in [0.15, 0.2) is 11.6 Å². The van der Waals surface area contributed by atoms with Gasteiger partial charge in [0.05, 0.1) is 20.9 Å². The molecule has 0 fully saturated rings. The van der Waals surface area contributed by atoms with E-state index in [0.717, 1.165) is 164 Å². The predicted octanol–water partition coefficient (Wildman–Crippen LogP) is 20.8. The molecule has 0 spiro atoms. The first-order valence-corrected chi connectivity index (χ1v) is 31.2. The molecule has 0 N–H and O–H groups in total. The van der Waals surface area contributed by atoms with Gasteiger partial charge in [0.1, 0.15) is 11.6 Å². The standard InChI is InChI=1S/C58H74F2O2S6/c1-9-17-21-35(13-5)25-39-29-47(66-55(39)45-31-41(59)33-63-45)57-51-52(58(68-57)48-30-40(26-36(14-6)22-18-10-2)56(67-48)46-32-42(60)34-64-46)54(62)50-44(28-38(16-8)24-20-12-4)65-43(49(50)53(51)61)27-37(15-7)23-19-11-3/h29-38H,9-28H2,1-8H3. The fraction of sp³-hybridized carbons (Fsp3) is 0.552. The van der Waals surface area contributed by atoms with E-state index in [4.69, 9.17) is 0 Å². The first-order chi connectivity index (χ1) is 33.0. The van der Waals surface area contributed by atoms with E-state index in [1.54, 1.807) is 68.2 Å². The molecule has 0 saturated carbocycles. The van der Waals surface area contributed by atoms with Crippen LogP contribution in [0.4, 0.5) is 8.78 Å². The summed E-state index contributed by atoms with van der Waals surface area (Å²) in [6.07, 6.45) is 21.3. The molecule has 68 heavy (non-hydrogen) atoms. The lowest BCUT2D eigenvalue weighted by molar-refractivity contribution is 0.0980. The molecule has 0 saturated heterocycles. The number of carbonyl (C=O) groups excluding carboxylic acids is 2. The van der Waals surface area contributed by atoms with Gasteiger partial charge >= 0.3 is 0 Å². The van der Waals surface area contributed by atoms with Crippen molar-refractivity contribution in [3.8, 4) is 39.0 Å². The highest BCUT2D eigenvalue weighted by Crippen LogP contribution is 2.55. The van der Waals surface area contributed by atoms with E-state index in [2.05, 4.69) is 67.5 Å². The highest BCUT2D eigenvalue weighted by atomic mass is 32.1. The second-order valence-corrected chi connectivity index (χ2v) is 25.7. The quantitative estimate of drug-likeness (QED) is 0.0490. The van der Waals surface area contributed by atoms with Gasteiger partial charge in [-0.25, -0.2) is 8.78 Å². The molecule has 1 aliphatic carbocycles. The Balaban J connectivity index is 1.48. The molecule has 7 rings (SSSR count). The minimum absolute atomic E-state index is 0.00690. The molecule has 0 bridgehead atoms. The number of thiophene rings is 6. The Morgan fingerprint density at radius 2 is 0.765 bits per heavy atom. The van der Waals surface area contributed by atoms with Gasteiger partial charge < -0.3 is 0 Å². The van der Waals surface area contributed by atoms with E-state index >= 15 is 9.59 Å². The number of fused-ring (bicyclic) bond motifs is 2. The van der Waals surface area contributed by atoms with Crippen LogP contribution in [0.25, 0.3) is 39.0 Å². The van der Waals surface area contributed by atoms with Crippen molar-refractivity contribution >= 4 is 79.6 Å². The zero-order chi connectivity index (χ0) is 48.5. The van der Waals surface area contributed by atoms with Crippen LogP contribution in [0.2, 0.25) is 0 Å². The first kappa shape index (κ1) is 53.2. The van der Waals surface area contributed by atoms with Gasteiger partial charge in [-0.3, -0.25) is 9.59 Å². The smallest absolute Gasteiger partial charge is 0.197 e. The van der Waals surface area contributed by atoms with Crippen molar-refractivity contribution in [2.24, 2.45) is 23.7 Å². The Morgan fingerprint density at radius 1 is 0.412 bits per heavy atom. The Hall–Kier alpha value is -2.60. The van der Waals surface area contributed by atoms with E-state index in [9.17, 15) is 8.78 Å². The molecule has 10 heteroatoms. The predicted molar refractivity (Wildman–Crippen MR) is 297 cm³/mol. The molecule has 6 heterocycles. The monoisotopic (exact) mass is 1030 g/mol. The van der Waals surface area contributed by atoms with E-state index < -0.39 is 0 Å². The minimum atomic E-state index is -0.229. The van der Waals surface area contributed by atoms with Crippen molar-refractivity contribution < 1.29 is 18.4 Å². The molecule has 6 aromatic rings. The Bertz CT molecular complexity index is 2420. The lowest BCUT2D eigenvalue weighted by Crippen LogP contribution is -2.22. The molecule has 1 aliphatic rings. The van der Waals surface area contributed by atoms with E-state index in [-0.39, 0.29) is 23.2 Å². The lowest BCUT2D eigenvalue weighted by atomic mass is 9.81. The topological polar surface area (TPSA) is 34.1 Å². The molecule has 0 aliphatic heterocycles. The normalized spacial score (nSPS) is 14.4. The maximum atomic E-state index is 16.0. The third-order valence-corrected chi connectivity index (χ3v) is 22.0. The van der Waals surface area contributed by atoms with Crippen LogP contribution in [0.5, 0.6) is 0 Å². The molecule has 4 atom stereocenters. The number of ketones is 2. The van der Waals surface area contributed by atoms with Crippen LogP contribution in [0, 0.1) is 35.3 Å². The van der Waals surface area contributed by atoms with E-state index in [0.29, 0.717) is 45.9 Å². The zero-order valence-corrected chi connectivity index (χ0v) is 46.8. The third kappa shape index (κ3) is 12.0. The molecule has 6 aromatic heterocycles. The average Bonchev–Trinajstić information content (AvgIpc) is 4.22. The fourth-order valence-corrected chi connectivity index (χ4v) is 17.6. The Morgan fingerprint density at radius 3 is 1.07 bits per heavy atom. The summed E-state index contributed by atoms with van der Waals surface area (Å²) in [4.78, 5) is 41.8. The molecule has 0 amide bonds. The Kier molecular flexibility index (Phi) is 19.7. The number of halogens is 2. The SMILES string of the molecule is CCCCC(CC)Cc1cc(-c2sc(-c3cc(CC(CC)CCCC)c(-c4cc(F)cs4)s3)c3c2C(=O)c2c(CC(CC)CCCC)sc(CC(CC)CCCC)c2C3=O)sc1-c1cc(F)cs1. The summed E-state index contributed by atoms with van der Waals surface area (Å²) < 4.78 is 29.7. The second kappa shape index (κ2) is 25.2.